The standard InChI is InChI=1S/C49H37N5O3/c55-47(22-13-23-48(56)57)53-46-30-41-37(33-18-9-3-10-19-33)28-43(52-41)42-26-35(31-14-5-1-6-15-31)39(50-42)24-25-40-36(32-16-7-2-8-17-32)27-44(51-40)45-29-38(49(46)54-45)34-20-11-4-12-21-34/h1-12,14-21,24-30,51-52H,13,22-23H2,(H,53,55)(H,56,57). The van der Waals surface area contributed by atoms with Crippen molar-refractivity contribution in [2.45, 2.75) is 19.3 Å². The molecule has 5 heterocycles. The van der Waals surface area contributed by atoms with E-state index in [2.05, 4.69) is 88.1 Å². The fourth-order valence-electron chi connectivity index (χ4n) is 7.40. The Bertz CT molecular complexity index is 2880. The molecule has 2 aliphatic heterocycles. The maximum Gasteiger partial charge on any atom is 0.303 e. The Labute approximate surface area is 329 Å². The van der Waals surface area contributed by atoms with Crippen LogP contribution in [0.2, 0.25) is 0 Å². The summed E-state index contributed by atoms with van der Waals surface area (Å²) in [6.07, 6.45) is 4.30. The molecule has 0 spiro atoms. The van der Waals surface area contributed by atoms with Crippen LogP contribution < -0.4 is 5.32 Å². The van der Waals surface area contributed by atoms with Gasteiger partial charge in [-0.2, -0.15) is 0 Å². The van der Waals surface area contributed by atoms with Gasteiger partial charge in [-0.25, -0.2) is 9.97 Å². The van der Waals surface area contributed by atoms with E-state index in [-0.39, 0.29) is 25.2 Å². The second kappa shape index (κ2) is 15.3. The highest BCUT2D eigenvalue weighted by molar-refractivity contribution is 6.04. The zero-order chi connectivity index (χ0) is 38.7. The molecule has 8 bridgehead atoms. The van der Waals surface area contributed by atoms with Crippen LogP contribution >= 0.6 is 0 Å². The molecule has 276 valence electrons. The number of amides is 1. The molecule has 1 amide bonds. The van der Waals surface area contributed by atoms with Gasteiger partial charge in [0.1, 0.15) is 0 Å². The lowest BCUT2D eigenvalue weighted by atomic mass is 10.0. The van der Waals surface area contributed by atoms with Gasteiger partial charge in [-0.05, 0) is 71.2 Å². The smallest absolute Gasteiger partial charge is 0.303 e. The number of carbonyl (C=O) groups excluding carboxylic acids is 1. The predicted molar refractivity (Wildman–Crippen MR) is 229 cm³/mol. The largest absolute Gasteiger partial charge is 0.481 e. The van der Waals surface area contributed by atoms with Crippen LogP contribution in [0.15, 0.2) is 152 Å². The molecule has 0 aliphatic carbocycles. The first-order valence-electron chi connectivity index (χ1n) is 18.9. The lowest BCUT2D eigenvalue weighted by Gasteiger charge is -2.10. The molecular weight excluding hydrogens is 707 g/mol. The summed E-state index contributed by atoms with van der Waals surface area (Å²) in [7, 11) is 0. The van der Waals surface area contributed by atoms with Crippen molar-refractivity contribution >= 4 is 62.9 Å². The van der Waals surface area contributed by atoms with Gasteiger partial charge in [-0.3, -0.25) is 9.59 Å². The summed E-state index contributed by atoms with van der Waals surface area (Å²) in [6, 6.07) is 50.9. The Kier molecular flexibility index (Phi) is 9.42. The predicted octanol–water partition coefficient (Wildman–Crippen LogP) is 11.0. The second-order valence-corrected chi connectivity index (χ2v) is 14.0. The number of anilines is 1. The van der Waals surface area contributed by atoms with Crippen LogP contribution in [0.5, 0.6) is 0 Å². The summed E-state index contributed by atoms with van der Waals surface area (Å²) in [5.41, 5.74) is 14.4. The number of nitrogens with one attached hydrogen (secondary N) is 3. The van der Waals surface area contributed by atoms with Gasteiger partial charge in [0, 0.05) is 46.1 Å². The van der Waals surface area contributed by atoms with Gasteiger partial charge < -0.3 is 20.4 Å². The van der Waals surface area contributed by atoms with Gasteiger partial charge in [0.15, 0.2) is 0 Å². The molecule has 2 aliphatic rings. The summed E-state index contributed by atoms with van der Waals surface area (Å²) >= 11 is 0. The van der Waals surface area contributed by atoms with Crippen LogP contribution in [0.1, 0.15) is 53.2 Å². The maximum atomic E-state index is 13.7. The van der Waals surface area contributed by atoms with Crippen molar-refractivity contribution in [2.75, 3.05) is 5.32 Å². The monoisotopic (exact) mass is 743 g/mol. The molecule has 9 rings (SSSR count). The number of rotatable bonds is 9. The average Bonchev–Trinajstić information content (AvgIpc) is 4.06. The number of aromatic amines is 2. The van der Waals surface area contributed by atoms with Crippen molar-refractivity contribution in [3.8, 4) is 22.3 Å². The van der Waals surface area contributed by atoms with Crippen LogP contribution in [0.4, 0.5) is 5.69 Å². The van der Waals surface area contributed by atoms with E-state index < -0.39 is 5.97 Å². The van der Waals surface area contributed by atoms with E-state index in [4.69, 9.17) is 9.97 Å². The minimum absolute atomic E-state index is 0.0363. The molecule has 0 saturated heterocycles. The summed E-state index contributed by atoms with van der Waals surface area (Å²) < 4.78 is 0. The molecule has 0 atom stereocenters. The van der Waals surface area contributed by atoms with Crippen LogP contribution in [0, 0.1) is 0 Å². The first-order valence-corrected chi connectivity index (χ1v) is 18.9. The van der Waals surface area contributed by atoms with E-state index in [1.807, 2.05) is 91.0 Å². The van der Waals surface area contributed by atoms with Crippen molar-refractivity contribution in [1.29, 1.82) is 0 Å². The molecule has 4 N–H and O–H groups in total. The molecule has 4 aromatic carbocycles. The number of hydrogen-bond acceptors (Lipinski definition) is 4. The molecule has 8 nitrogen and oxygen atoms in total. The number of nitrogens with zero attached hydrogens (tertiary/aromatic N) is 2. The summed E-state index contributed by atoms with van der Waals surface area (Å²) in [5, 5.41) is 12.5. The van der Waals surface area contributed by atoms with Crippen molar-refractivity contribution in [1.82, 2.24) is 19.9 Å². The number of carboxylic acid groups (broad SMARTS) is 1. The van der Waals surface area contributed by atoms with Gasteiger partial charge in [0.25, 0.3) is 0 Å². The highest BCUT2D eigenvalue weighted by Gasteiger charge is 2.21. The number of aromatic nitrogens is 4. The maximum absolute atomic E-state index is 13.7. The number of aliphatic carboxylic acids is 1. The molecule has 57 heavy (non-hydrogen) atoms. The molecule has 3 aromatic heterocycles. The number of carboxylic acids is 1. The molecule has 0 fully saturated rings. The van der Waals surface area contributed by atoms with E-state index in [1.54, 1.807) is 0 Å². The highest BCUT2D eigenvalue weighted by atomic mass is 16.4. The zero-order valence-corrected chi connectivity index (χ0v) is 30.9. The first-order chi connectivity index (χ1) is 28.0. The lowest BCUT2D eigenvalue weighted by Crippen LogP contribution is -2.13. The highest BCUT2D eigenvalue weighted by Crippen LogP contribution is 2.38. The number of fused-ring (bicyclic) bond motifs is 10. The molecule has 0 radical (unpaired) electrons. The number of carbonyl (C=O) groups is 2. The van der Waals surface area contributed by atoms with E-state index in [1.165, 1.54) is 0 Å². The van der Waals surface area contributed by atoms with Crippen molar-refractivity contribution in [3.63, 3.8) is 0 Å². The first kappa shape index (κ1) is 35.1. The second-order valence-electron chi connectivity index (χ2n) is 14.0. The van der Waals surface area contributed by atoms with Crippen molar-refractivity contribution < 1.29 is 14.7 Å². The average molecular weight is 744 g/mol. The SMILES string of the molecule is O=C(O)CCCC(=O)Nc1cc2[nH]c(cc2-c2ccccc2)c2nc(ccc3[nH]c(cc3-c3ccccc3)c3nc1C(c1ccccc1)=C3)C(c1ccccc1)=C2. The van der Waals surface area contributed by atoms with Gasteiger partial charge in [0.05, 0.1) is 39.5 Å². The van der Waals surface area contributed by atoms with Crippen LogP contribution in [0.3, 0.4) is 0 Å². The van der Waals surface area contributed by atoms with Crippen LogP contribution in [-0.2, 0) is 9.59 Å². The third kappa shape index (κ3) is 7.32. The lowest BCUT2D eigenvalue weighted by molar-refractivity contribution is -0.137. The molecule has 8 heteroatoms. The van der Waals surface area contributed by atoms with Gasteiger partial charge in [-0.1, -0.05) is 121 Å². The normalized spacial score (nSPS) is 12.1. The fraction of sp³-hybridized carbons (Fsp3) is 0.0612. The summed E-state index contributed by atoms with van der Waals surface area (Å²) in [4.78, 5) is 42.9. The Balaban J connectivity index is 1.39. The minimum atomic E-state index is -0.943. The number of H-pyrrole nitrogens is 2. The molecule has 7 aromatic rings. The fourth-order valence-corrected chi connectivity index (χ4v) is 7.40. The minimum Gasteiger partial charge on any atom is -0.481 e. The van der Waals surface area contributed by atoms with E-state index in [0.717, 1.165) is 78.0 Å². The topological polar surface area (TPSA) is 124 Å². The van der Waals surface area contributed by atoms with Gasteiger partial charge in [-0.15, -0.1) is 0 Å². The van der Waals surface area contributed by atoms with E-state index >= 15 is 0 Å². The Morgan fingerprint density at radius 1 is 0.526 bits per heavy atom. The summed E-state index contributed by atoms with van der Waals surface area (Å²) in [5.74, 6) is -1.25. The summed E-state index contributed by atoms with van der Waals surface area (Å²) in [6.45, 7) is 0. The zero-order valence-electron chi connectivity index (χ0n) is 30.9. The van der Waals surface area contributed by atoms with Crippen molar-refractivity contribution in [3.05, 3.63) is 186 Å². The third-order valence-electron chi connectivity index (χ3n) is 10.2. The number of hydrogen-bond donors (Lipinski definition) is 4. The number of benzene rings is 4. The van der Waals surface area contributed by atoms with Gasteiger partial charge >= 0.3 is 5.97 Å². The third-order valence-corrected chi connectivity index (χ3v) is 10.2. The molecular formula is C49H37N5O3. The van der Waals surface area contributed by atoms with Gasteiger partial charge in [0.2, 0.25) is 5.91 Å². The Hall–Kier alpha value is -7.58. The van der Waals surface area contributed by atoms with E-state index in [0.29, 0.717) is 17.1 Å². The Morgan fingerprint density at radius 2 is 1.04 bits per heavy atom. The molecule has 0 unspecified atom stereocenters. The van der Waals surface area contributed by atoms with Crippen molar-refractivity contribution in [2.24, 2.45) is 0 Å². The molecule has 0 saturated carbocycles. The van der Waals surface area contributed by atoms with Crippen LogP contribution in [-0.4, -0.2) is 36.9 Å². The van der Waals surface area contributed by atoms with E-state index in [9.17, 15) is 14.7 Å². The Morgan fingerprint density at radius 3 is 1.63 bits per heavy atom. The van der Waals surface area contributed by atoms with Crippen LogP contribution in [0.25, 0.3) is 67.6 Å². The quantitative estimate of drug-likeness (QED) is 0.117.